The highest BCUT2D eigenvalue weighted by Crippen LogP contribution is 2.48. The van der Waals surface area contributed by atoms with Crippen LogP contribution in [-0.2, 0) is 23.4 Å². The fraction of sp³-hybridized carbons (Fsp3) is 0.500. The van der Waals surface area contributed by atoms with Crippen molar-refractivity contribution in [2.24, 2.45) is 0 Å². The van der Waals surface area contributed by atoms with Gasteiger partial charge in [0, 0.05) is 14.1 Å². The van der Waals surface area contributed by atoms with Crippen LogP contribution >= 0.6 is 7.75 Å². The van der Waals surface area contributed by atoms with Gasteiger partial charge in [0.1, 0.15) is 24.0 Å². The number of halogens is 1. The zero-order chi connectivity index (χ0) is 29.2. The van der Waals surface area contributed by atoms with Crippen molar-refractivity contribution >= 4 is 36.6 Å². The van der Waals surface area contributed by atoms with E-state index in [1.165, 1.54) is 17.8 Å². The Morgan fingerprint density at radius 2 is 2.05 bits per heavy atom. The Morgan fingerprint density at radius 1 is 1.35 bits per heavy atom. The minimum Gasteiger partial charge on any atom is -0.465 e. The molecule has 1 fully saturated rings. The van der Waals surface area contributed by atoms with Crippen molar-refractivity contribution in [3.63, 3.8) is 0 Å². The summed E-state index contributed by atoms with van der Waals surface area (Å²) in [5.41, 5.74) is 4.07. The Morgan fingerprint density at radius 3 is 2.70 bits per heavy atom. The summed E-state index contributed by atoms with van der Waals surface area (Å²) in [5.74, 6) is -0.130. The van der Waals surface area contributed by atoms with Crippen molar-refractivity contribution in [1.82, 2.24) is 24.6 Å². The molecule has 1 aliphatic rings. The maximum Gasteiger partial charge on any atom is 0.459 e. The van der Waals surface area contributed by atoms with E-state index in [1.54, 1.807) is 56.3 Å². The van der Waals surface area contributed by atoms with Gasteiger partial charge in [-0.1, -0.05) is 18.2 Å². The smallest absolute Gasteiger partial charge is 0.459 e. The van der Waals surface area contributed by atoms with Gasteiger partial charge in [0.2, 0.25) is 5.95 Å². The number of hydrogen-bond acceptors (Lipinski definition) is 12. The van der Waals surface area contributed by atoms with Crippen LogP contribution in [-0.4, -0.2) is 81.8 Å². The number of rotatable bonds is 11. The Balaban J connectivity index is 1.58. The van der Waals surface area contributed by atoms with Crippen molar-refractivity contribution in [3.05, 3.63) is 36.7 Å². The second-order valence-corrected chi connectivity index (χ2v) is 11.2. The number of para-hydroxylation sites is 1. The topological polar surface area (TPSA) is 176 Å². The molecular weight excluding hydrogens is 548 g/mol. The van der Waals surface area contributed by atoms with Gasteiger partial charge in [0.25, 0.3) is 0 Å². The highest BCUT2D eigenvalue weighted by molar-refractivity contribution is 7.52. The first-order valence-electron chi connectivity index (χ1n) is 12.5. The lowest BCUT2D eigenvalue weighted by molar-refractivity contribution is -0.144. The average molecular weight is 582 g/mol. The van der Waals surface area contributed by atoms with Crippen LogP contribution in [0.1, 0.15) is 27.0 Å². The molecule has 3 aromatic rings. The number of carbonyl (C=O) groups excluding carboxylic acids is 1. The molecule has 14 nitrogen and oxygen atoms in total. The molecule has 1 saturated heterocycles. The average Bonchev–Trinajstić information content (AvgIpc) is 3.40. The minimum atomic E-state index is -4.27. The van der Waals surface area contributed by atoms with Gasteiger partial charge < -0.3 is 29.7 Å². The number of aliphatic hydroxyl groups is 1. The van der Waals surface area contributed by atoms with Gasteiger partial charge in [-0.15, -0.1) is 0 Å². The van der Waals surface area contributed by atoms with Crippen molar-refractivity contribution in [3.8, 4) is 5.75 Å². The molecule has 4 N–H and O–H groups in total. The number of esters is 1. The molecule has 0 radical (unpaired) electrons. The number of nitrogens with one attached hydrogen (secondary N) is 1. The Labute approximate surface area is 230 Å². The van der Waals surface area contributed by atoms with Crippen LogP contribution in [0.3, 0.4) is 0 Å². The summed E-state index contributed by atoms with van der Waals surface area (Å²) in [7, 11) is -0.774. The Hall–Kier alpha value is -3.36. The molecule has 0 amide bonds. The Bertz CT molecular complexity index is 1390. The third kappa shape index (κ3) is 6.03. The molecule has 40 heavy (non-hydrogen) atoms. The molecule has 0 bridgehead atoms. The first-order chi connectivity index (χ1) is 18.9. The van der Waals surface area contributed by atoms with Gasteiger partial charge >= 0.3 is 13.7 Å². The van der Waals surface area contributed by atoms with Gasteiger partial charge in [0.05, 0.1) is 19.5 Å². The van der Waals surface area contributed by atoms with Crippen molar-refractivity contribution in [1.29, 1.82) is 0 Å². The molecule has 3 heterocycles. The molecule has 0 aliphatic carbocycles. The lowest BCUT2D eigenvalue weighted by Gasteiger charge is -2.25. The summed E-state index contributed by atoms with van der Waals surface area (Å²) >= 11 is 0. The number of nitrogens with zero attached hydrogens (tertiary/aromatic N) is 5. The highest BCUT2D eigenvalue weighted by Gasteiger charge is 2.56. The second kappa shape index (κ2) is 11.6. The fourth-order valence-corrected chi connectivity index (χ4v) is 5.69. The largest absolute Gasteiger partial charge is 0.465 e. The predicted octanol–water partition coefficient (Wildman–Crippen LogP) is 2.21. The molecule has 1 unspecified atom stereocenters. The summed E-state index contributed by atoms with van der Waals surface area (Å²) in [6.45, 7) is 3.78. The van der Waals surface area contributed by atoms with E-state index >= 15 is 4.39 Å². The molecule has 4 rings (SSSR count). The van der Waals surface area contributed by atoms with E-state index < -0.39 is 50.5 Å². The lowest BCUT2D eigenvalue weighted by Crippen LogP contribution is -2.41. The molecule has 16 heteroatoms. The third-order valence-corrected chi connectivity index (χ3v) is 7.83. The van der Waals surface area contributed by atoms with Crippen LogP contribution in [0.15, 0.2) is 36.7 Å². The van der Waals surface area contributed by atoms with Gasteiger partial charge in [-0.05, 0) is 32.9 Å². The number of hydrogen-bond donors (Lipinski definition) is 3. The second-order valence-electron chi connectivity index (χ2n) is 9.55. The van der Waals surface area contributed by atoms with E-state index in [0.29, 0.717) is 11.3 Å². The summed E-state index contributed by atoms with van der Waals surface area (Å²) in [6, 6.07) is 7.06. The van der Waals surface area contributed by atoms with Crippen LogP contribution in [0.5, 0.6) is 5.75 Å². The summed E-state index contributed by atoms with van der Waals surface area (Å²) in [6.07, 6.45) is -3.09. The van der Waals surface area contributed by atoms with Crippen LogP contribution in [0, 0.1) is 0 Å². The summed E-state index contributed by atoms with van der Waals surface area (Å²) in [4.78, 5) is 26.5. The first kappa shape index (κ1) is 29.6. The molecule has 2 aromatic heterocycles. The minimum absolute atomic E-state index is 0.0577. The number of benzene rings is 1. The molecule has 6 atom stereocenters. The van der Waals surface area contributed by atoms with E-state index in [0.717, 1.165) is 6.92 Å². The van der Waals surface area contributed by atoms with E-state index in [4.69, 9.17) is 24.3 Å². The first-order valence-corrected chi connectivity index (χ1v) is 14.0. The third-order valence-electron chi connectivity index (χ3n) is 6.18. The van der Waals surface area contributed by atoms with Gasteiger partial charge in [-0.2, -0.15) is 15.1 Å². The number of anilines is 2. The summed E-state index contributed by atoms with van der Waals surface area (Å²) in [5, 5.41) is 13.4. The van der Waals surface area contributed by atoms with Crippen molar-refractivity contribution < 1.29 is 37.4 Å². The quantitative estimate of drug-likeness (QED) is 0.222. The summed E-state index contributed by atoms with van der Waals surface area (Å²) < 4.78 is 53.0. The number of ether oxygens (including phenoxy) is 2. The normalized spacial score (nSPS) is 24.9. The molecule has 218 valence electrons. The van der Waals surface area contributed by atoms with Crippen molar-refractivity contribution in [2.45, 2.75) is 50.9 Å². The van der Waals surface area contributed by atoms with Crippen LogP contribution < -0.4 is 20.2 Å². The number of fused-ring (bicyclic) bond motifs is 1. The maximum absolute atomic E-state index is 16.0. The number of carbonyl (C=O) groups is 1. The SMILES string of the molecule is CCOC(=O)[C@H](C)NP(=O)(OC[C@H]1O[C@@H](n2cnc3c(N(C)C)nc(N)nc32)[C@](C)(F)[C@@H]1O)Oc1ccccc1. The van der Waals surface area contributed by atoms with Crippen molar-refractivity contribution in [2.75, 3.05) is 37.9 Å². The molecule has 0 saturated carbocycles. The zero-order valence-electron chi connectivity index (χ0n) is 22.7. The monoisotopic (exact) mass is 581 g/mol. The van der Waals surface area contributed by atoms with E-state index in [1.807, 2.05) is 0 Å². The van der Waals surface area contributed by atoms with Crippen LogP contribution in [0.25, 0.3) is 11.2 Å². The number of nitrogens with two attached hydrogens (primary N) is 1. The Kier molecular flexibility index (Phi) is 8.61. The lowest BCUT2D eigenvalue weighted by atomic mass is 9.98. The van der Waals surface area contributed by atoms with Crippen LogP contribution in [0.4, 0.5) is 16.2 Å². The number of aromatic nitrogens is 4. The van der Waals surface area contributed by atoms with E-state index in [-0.39, 0.29) is 24.0 Å². The fourth-order valence-electron chi connectivity index (χ4n) is 4.19. The van der Waals surface area contributed by atoms with Gasteiger partial charge in [-0.3, -0.25) is 13.9 Å². The standard InChI is InChI=1S/C24H33FN7O7P/c1-6-36-21(34)14(2)30-40(35,39-15-10-8-7-9-11-15)37-12-16-18(33)24(3,25)22(38-16)32-13-27-17-19(31(4)5)28-23(26)29-20(17)32/h7-11,13-14,16,18,22,33H,6,12H2,1-5H3,(H,30,35)(H2,26,28,29)/t14-,16+,18+,22+,24+,40?/m0/s1. The number of aliphatic hydroxyl groups excluding tert-OH is 1. The number of imidazole rings is 1. The zero-order valence-corrected chi connectivity index (χ0v) is 23.6. The van der Waals surface area contributed by atoms with Gasteiger partial charge in [-0.25, -0.2) is 13.9 Å². The molecule has 0 spiro atoms. The molecular formula is C24H33FN7O7P. The van der Waals surface area contributed by atoms with Crippen LogP contribution in [0.2, 0.25) is 0 Å². The molecule has 1 aliphatic heterocycles. The number of nitrogen functional groups attached to an aromatic ring is 1. The highest BCUT2D eigenvalue weighted by atomic mass is 31.2. The number of alkyl halides is 1. The predicted molar refractivity (Wildman–Crippen MR) is 143 cm³/mol. The maximum atomic E-state index is 16.0. The van der Waals surface area contributed by atoms with Gasteiger partial charge in [0.15, 0.2) is 28.9 Å². The molecule has 1 aromatic carbocycles. The van der Waals surface area contributed by atoms with E-state index in [9.17, 15) is 14.5 Å². The van der Waals surface area contributed by atoms with E-state index in [2.05, 4.69) is 20.0 Å².